The highest BCUT2D eigenvalue weighted by molar-refractivity contribution is 6.00. The van der Waals surface area contributed by atoms with E-state index in [1.807, 2.05) is 0 Å². The van der Waals surface area contributed by atoms with Crippen LogP contribution in [-0.4, -0.2) is 0 Å². The summed E-state index contributed by atoms with van der Waals surface area (Å²) in [6, 6.07) is 0. The quantitative estimate of drug-likeness (QED) is 0.276. The molecule has 3 aliphatic rings. The van der Waals surface area contributed by atoms with Crippen LogP contribution in [0.5, 0.6) is 0 Å². The van der Waals surface area contributed by atoms with Gasteiger partial charge in [0.05, 0.1) is 0 Å². The molecule has 0 nitrogen and oxygen atoms in total. The van der Waals surface area contributed by atoms with E-state index < -0.39 is 0 Å². The predicted molar refractivity (Wildman–Crippen MR) is 170 cm³/mol. The van der Waals surface area contributed by atoms with E-state index in [-0.39, 0.29) is 0 Å². The van der Waals surface area contributed by atoms with Crippen LogP contribution in [0.1, 0.15) is 142 Å². The third-order valence-corrected chi connectivity index (χ3v) is 13.7. The third-order valence-electron chi connectivity index (χ3n) is 13.7. The van der Waals surface area contributed by atoms with E-state index in [2.05, 4.69) is 96.9 Å². The van der Waals surface area contributed by atoms with Crippen molar-refractivity contribution in [2.45, 2.75) is 133 Å². The summed E-state index contributed by atoms with van der Waals surface area (Å²) in [5, 5.41) is 3.25. The normalized spacial score (nSPS) is 31.2. The average molecular weight is 521 g/mol. The molecule has 208 valence electrons. The average Bonchev–Trinajstić information content (AvgIpc) is 3.25. The number of hydrogen-bond acceptors (Lipinski definition) is 0. The summed E-state index contributed by atoms with van der Waals surface area (Å²) >= 11 is 0. The molecule has 7 unspecified atom stereocenters. The van der Waals surface area contributed by atoms with E-state index in [1.165, 1.54) is 46.2 Å². The van der Waals surface area contributed by atoms with Gasteiger partial charge < -0.3 is 0 Å². The molecule has 1 saturated carbocycles. The minimum Gasteiger partial charge on any atom is -0.0619 e. The maximum absolute atomic E-state index is 2.68. The first-order chi connectivity index (χ1) is 18.2. The standard InChI is InChI=1S/C39H52/c1-17-15-39(29(13)34-26(10)20(4)19(3)23(7)31(17)34)16-18(2)32-35-27(11)21(5)24(8)33-25(9)22(6)28(12)36(38(33)35)37(32)30(39)14/h17-18,29-30,32,37H,15-16H2,1-14H3. The fourth-order valence-electron chi connectivity index (χ4n) is 11.0. The number of fused-ring (bicyclic) bond motifs is 4. The maximum atomic E-state index is 2.68. The third kappa shape index (κ3) is 3.08. The molecule has 0 aromatic heterocycles. The number of benzene rings is 3. The molecule has 0 radical (unpaired) electrons. The molecular formula is C39H52. The van der Waals surface area contributed by atoms with Gasteiger partial charge in [-0.15, -0.1) is 0 Å². The molecular weight excluding hydrogens is 468 g/mol. The minimum absolute atomic E-state index is 0.337. The molecule has 0 saturated heterocycles. The van der Waals surface area contributed by atoms with Gasteiger partial charge in [-0.3, -0.25) is 0 Å². The van der Waals surface area contributed by atoms with Crippen molar-refractivity contribution in [1.82, 2.24) is 0 Å². The highest BCUT2D eigenvalue weighted by Gasteiger charge is 2.58. The van der Waals surface area contributed by atoms with E-state index >= 15 is 0 Å². The first-order valence-corrected chi connectivity index (χ1v) is 15.8. The van der Waals surface area contributed by atoms with Crippen LogP contribution < -0.4 is 0 Å². The van der Waals surface area contributed by atoms with E-state index in [9.17, 15) is 0 Å². The van der Waals surface area contributed by atoms with Gasteiger partial charge in [-0.1, -0.05) is 27.7 Å². The van der Waals surface area contributed by atoms with Gasteiger partial charge in [0.25, 0.3) is 0 Å². The van der Waals surface area contributed by atoms with Gasteiger partial charge in [-0.2, -0.15) is 0 Å². The molecule has 0 bridgehead atoms. The van der Waals surface area contributed by atoms with E-state index in [0.717, 1.165) is 0 Å². The minimum atomic E-state index is 0.337. The Morgan fingerprint density at radius 3 is 1.41 bits per heavy atom. The topological polar surface area (TPSA) is 0 Å². The summed E-state index contributed by atoms with van der Waals surface area (Å²) in [5.74, 6) is 3.82. The lowest BCUT2D eigenvalue weighted by molar-refractivity contribution is -0.00105. The number of rotatable bonds is 0. The molecule has 39 heavy (non-hydrogen) atoms. The zero-order valence-electron chi connectivity index (χ0n) is 27.4. The molecule has 0 aliphatic heterocycles. The SMILES string of the molecule is Cc1c(C)c(C)c2c(c1C)C(C)CC1(CC(C)C3c4c(C)c(C)c(C)c5c(C)c(C)c(C)c(c45)C3C1C)C2C. The number of aryl methyl sites for hydroxylation is 2. The van der Waals surface area contributed by atoms with Gasteiger partial charge in [0.2, 0.25) is 0 Å². The zero-order chi connectivity index (χ0) is 28.6. The first-order valence-electron chi connectivity index (χ1n) is 15.8. The van der Waals surface area contributed by atoms with Crippen LogP contribution in [0.4, 0.5) is 0 Å². The summed E-state index contributed by atoms with van der Waals surface area (Å²) in [7, 11) is 0. The van der Waals surface area contributed by atoms with Crippen molar-refractivity contribution < 1.29 is 0 Å². The molecule has 0 N–H and O–H groups in total. The van der Waals surface area contributed by atoms with Crippen LogP contribution >= 0.6 is 0 Å². The predicted octanol–water partition coefficient (Wildman–Crippen LogP) is 11.1. The van der Waals surface area contributed by atoms with Crippen molar-refractivity contribution in [3.05, 3.63) is 77.9 Å². The van der Waals surface area contributed by atoms with E-state index in [4.69, 9.17) is 0 Å². The van der Waals surface area contributed by atoms with Gasteiger partial charge in [0.15, 0.2) is 0 Å². The molecule has 3 aromatic rings. The molecule has 3 aromatic carbocycles. The monoisotopic (exact) mass is 520 g/mol. The number of hydrogen-bond donors (Lipinski definition) is 0. The molecule has 0 heteroatoms. The Morgan fingerprint density at radius 2 is 0.872 bits per heavy atom. The molecule has 0 amide bonds. The summed E-state index contributed by atoms with van der Waals surface area (Å²) < 4.78 is 0. The van der Waals surface area contributed by atoms with Crippen molar-refractivity contribution in [1.29, 1.82) is 0 Å². The Balaban J connectivity index is 1.63. The van der Waals surface area contributed by atoms with Crippen LogP contribution in [0.25, 0.3) is 10.8 Å². The molecule has 6 rings (SSSR count). The van der Waals surface area contributed by atoms with Crippen molar-refractivity contribution >= 4 is 10.8 Å². The van der Waals surface area contributed by atoms with Gasteiger partial charge in [-0.25, -0.2) is 0 Å². The fraction of sp³-hybridized carbons (Fsp3) is 0.590. The molecule has 0 heterocycles. The van der Waals surface area contributed by atoms with Crippen molar-refractivity contribution in [3.63, 3.8) is 0 Å². The smallest absolute Gasteiger partial charge is 0.00500 e. The van der Waals surface area contributed by atoms with Crippen molar-refractivity contribution in [3.8, 4) is 0 Å². The molecule has 7 atom stereocenters. The lowest BCUT2D eigenvalue weighted by Crippen LogP contribution is -2.48. The van der Waals surface area contributed by atoms with Crippen LogP contribution in [0.15, 0.2) is 0 Å². The van der Waals surface area contributed by atoms with Gasteiger partial charge >= 0.3 is 0 Å². The Labute approximate surface area is 239 Å². The van der Waals surface area contributed by atoms with Gasteiger partial charge in [-0.05, 0) is 212 Å². The van der Waals surface area contributed by atoms with Crippen LogP contribution in [0, 0.1) is 86.5 Å². The summed E-state index contributed by atoms with van der Waals surface area (Å²) in [4.78, 5) is 0. The van der Waals surface area contributed by atoms with Crippen LogP contribution in [-0.2, 0) is 0 Å². The highest BCUT2D eigenvalue weighted by Crippen LogP contribution is 2.70. The molecule has 1 spiro atoms. The Bertz CT molecular complexity index is 1570. The summed E-state index contributed by atoms with van der Waals surface area (Å²) in [6.07, 6.45) is 2.68. The van der Waals surface area contributed by atoms with Crippen LogP contribution in [0.2, 0.25) is 0 Å². The largest absolute Gasteiger partial charge is 0.0619 e. The van der Waals surface area contributed by atoms with Crippen molar-refractivity contribution in [2.75, 3.05) is 0 Å². The second-order valence-electron chi connectivity index (χ2n) is 14.7. The fourth-order valence-corrected chi connectivity index (χ4v) is 11.0. The van der Waals surface area contributed by atoms with E-state index in [0.29, 0.717) is 40.9 Å². The maximum Gasteiger partial charge on any atom is -0.00500 e. The van der Waals surface area contributed by atoms with Gasteiger partial charge in [0, 0.05) is 0 Å². The highest BCUT2D eigenvalue weighted by atomic mass is 14.6. The van der Waals surface area contributed by atoms with Crippen molar-refractivity contribution in [2.24, 2.45) is 17.3 Å². The van der Waals surface area contributed by atoms with Gasteiger partial charge in [0.1, 0.15) is 0 Å². The lowest BCUT2D eigenvalue weighted by Gasteiger charge is -2.58. The summed E-state index contributed by atoms with van der Waals surface area (Å²) in [5.41, 5.74) is 22.7. The second kappa shape index (κ2) is 8.47. The Hall–Kier alpha value is -2.08. The Kier molecular flexibility index (Phi) is 5.89. The first kappa shape index (κ1) is 27.1. The second-order valence-corrected chi connectivity index (χ2v) is 14.7. The summed E-state index contributed by atoms with van der Waals surface area (Å²) in [6.45, 7) is 34.5. The zero-order valence-corrected chi connectivity index (χ0v) is 27.4. The Morgan fingerprint density at radius 1 is 0.436 bits per heavy atom. The lowest BCUT2D eigenvalue weighted by atomic mass is 9.45. The molecule has 3 aliphatic carbocycles. The van der Waals surface area contributed by atoms with E-state index in [1.54, 1.807) is 55.3 Å². The van der Waals surface area contributed by atoms with Crippen LogP contribution in [0.3, 0.4) is 0 Å². The molecule has 1 fully saturated rings.